The van der Waals surface area contributed by atoms with Crippen LogP contribution in [0.3, 0.4) is 0 Å². The molecule has 1 atom stereocenters. The number of hydrogen-bond acceptors (Lipinski definition) is 5. The second kappa shape index (κ2) is 12.9. The van der Waals surface area contributed by atoms with Crippen molar-refractivity contribution in [2.24, 2.45) is 11.5 Å². The summed E-state index contributed by atoms with van der Waals surface area (Å²) in [5.41, 5.74) is 13.6. The van der Waals surface area contributed by atoms with Crippen molar-refractivity contribution in [3.05, 3.63) is 69.8 Å². The molecule has 2 heterocycles. The molecule has 2 aliphatic heterocycles. The predicted molar refractivity (Wildman–Crippen MR) is 141 cm³/mol. The average Bonchev–Trinajstić information content (AvgIpc) is 2.84. The maximum Gasteiger partial charge on any atom is 0.129 e. The zero-order valence-electron chi connectivity index (χ0n) is 20.2. The molecule has 1 aromatic carbocycles. The minimum Gasteiger partial charge on any atom is -0.400 e. The Kier molecular flexibility index (Phi) is 10.3. The highest BCUT2D eigenvalue weighted by Crippen LogP contribution is 2.25. The number of hydrogen-bond donors (Lipinski definition) is 2. The van der Waals surface area contributed by atoms with E-state index in [1.165, 1.54) is 6.07 Å². The van der Waals surface area contributed by atoms with E-state index in [1.807, 2.05) is 6.08 Å². The minimum atomic E-state index is -0.215. The second-order valence-electron chi connectivity index (χ2n) is 9.32. The van der Waals surface area contributed by atoms with Crippen molar-refractivity contribution < 1.29 is 4.39 Å². The van der Waals surface area contributed by atoms with Gasteiger partial charge in [-0.2, -0.15) is 0 Å². The topological polar surface area (TPSA) is 61.8 Å². The number of halogens is 3. The van der Waals surface area contributed by atoms with E-state index in [-0.39, 0.29) is 5.82 Å². The molecule has 4 N–H and O–H groups in total. The number of allylic oxidation sites excluding steroid dienone is 2. The van der Waals surface area contributed by atoms with Gasteiger partial charge in [0.2, 0.25) is 0 Å². The van der Waals surface area contributed by atoms with Gasteiger partial charge in [0.05, 0.1) is 5.70 Å². The number of benzene rings is 1. The third-order valence-corrected chi connectivity index (χ3v) is 7.54. The highest BCUT2D eigenvalue weighted by atomic mass is 35.5. The summed E-state index contributed by atoms with van der Waals surface area (Å²) in [5, 5.41) is 1.24. The van der Waals surface area contributed by atoms with Gasteiger partial charge in [-0.05, 0) is 50.6 Å². The molecule has 0 radical (unpaired) electrons. The Labute approximate surface area is 213 Å². The smallest absolute Gasteiger partial charge is 0.129 e. The first-order valence-corrected chi connectivity index (χ1v) is 12.9. The van der Waals surface area contributed by atoms with Crippen LogP contribution in [-0.2, 0) is 6.54 Å². The predicted octanol–water partition coefficient (Wildman–Crippen LogP) is 4.67. The summed E-state index contributed by atoms with van der Waals surface area (Å²) in [6.07, 6.45) is 7.37. The molecule has 0 aliphatic carbocycles. The van der Waals surface area contributed by atoms with Gasteiger partial charge in [-0.15, -0.1) is 0 Å². The first kappa shape index (κ1) is 27.0. The van der Waals surface area contributed by atoms with Gasteiger partial charge in [0, 0.05) is 72.5 Å². The van der Waals surface area contributed by atoms with Gasteiger partial charge in [0.25, 0.3) is 0 Å². The number of rotatable bonds is 9. The summed E-state index contributed by atoms with van der Waals surface area (Å²) >= 11 is 12.4. The number of likely N-dealkylation sites (tertiary alicyclic amines) is 1. The van der Waals surface area contributed by atoms with Crippen molar-refractivity contribution >= 4 is 23.2 Å². The molecule has 0 bridgehead atoms. The summed E-state index contributed by atoms with van der Waals surface area (Å²) in [5.74, 6) is -0.215. The highest BCUT2D eigenvalue weighted by Gasteiger charge is 2.33. The van der Waals surface area contributed by atoms with Crippen molar-refractivity contribution in [1.82, 2.24) is 14.7 Å². The van der Waals surface area contributed by atoms with Crippen LogP contribution in [0.25, 0.3) is 0 Å². The monoisotopic (exact) mass is 509 g/mol. The Hall–Kier alpha value is -1.57. The Morgan fingerprint density at radius 3 is 2.56 bits per heavy atom. The molecular formula is C26H38Cl2FN5. The summed E-state index contributed by atoms with van der Waals surface area (Å²) in [4.78, 5) is 7.47. The van der Waals surface area contributed by atoms with Crippen LogP contribution in [-0.4, -0.2) is 66.1 Å². The molecule has 2 saturated heterocycles. The minimum absolute atomic E-state index is 0.215. The third kappa shape index (κ3) is 7.46. The number of piperazine rings is 1. The highest BCUT2D eigenvalue weighted by molar-refractivity contribution is 6.30. The molecular weight excluding hydrogens is 472 g/mol. The van der Waals surface area contributed by atoms with Gasteiger partial charge >= 0.3 is 0 Å². The Bertz CT molecular complexity index is 895. The maximum absolute atomic E-state index is 14.2. The van der Waals surface area contributed by atoms with Crippen LogP contribution in [0.5, 0.6) is 0 Å². The van der Waals surface area contributed by atoms with Gasteiger partial charge in [-0.1, -0.05) is 48.8 Å². The number of piperidine rings is 1. The lowest BCUT2D eigenvalue weighted by Crippen LogP contribution is -2.58. The normalized spacial score (nSPS) is 22.6. The number of nitrogens with zero attached hydrogens (tertiary/aromatic N) is 3. The molecule has 1 unspecified atom stereocenters. The van der Waals surface area contributed by atoms with Crippen molar-refractivity contribution in [2.75, 3.05) is 39.3 Å². The van der Waals surface area contributed by atoms with Crippen LogP contribution in [0.4, 0.5) is 4.39 Å². The zero-order chi connectivity index (χ0) is 24.7. The van der Waals surface area contributed by atoms with Gasteiger partial charge < -0.3 is 11.5 Å². The van der Waals surface area contributed by atoms with Crippen LogP contribution in [0.15, 0.2) is 53.4 Å². The lowest BCUT2D eigenvalue weighted by molar-refractivity contribution is 0.0156. The first-order valence-electron chi connectivity index (χ1n) is 12.2. The van der Waals surface area contributed by atoms with E-state index >= 15 is 0 Å². The summed E-state index contributed by atoms with van der Waals surface area (Å²) in [7, 11) is 0. The SMILES string of the molecule is C=C/C(N)=C(/N)C/C=C(/Cl)CN1CCN(C2CCN(Cc3ccc(Cl)cc3F)CC2)C(CC)C1. The largest absolute Gasteiger partial charge is 0.400 e. The average molecular weight is 511 g/mol. The van der Waals surface area contributed by atoms with E-state index in [1.54, 1.807) is 18.2 Å². The van der Waals surface area contributed by atoms with E-state index < -0.39 is 0 Å². The van der Waals surface area contributed by atoms with Crippen LogP contribution in [0.1, 0.15) is 38.2 Å². The number of nitrogens with two attached hydrogens (primary N) is 2. The fourth-order valence-corrected chi connectivity index (χ4v) is 5.37. The van der Waals surface area contributed by atoms with Crippen molar-refractivity contribution in [1.29, 1.82) is 0 Å². The van der Waals surface area contributed by atoms with Crippen LogP contribution in [0.2, 0.25) is 5.02 Å². The Balaban J connectivity index is 1.48. The zero-order valence-corrected chi connectivity index (χ0v) is 21.7. The molecule has 0 aromatic heterocycles. The molecule has 8 heteroatoms. The van der Waals surface area contributed by atoms with E-state index in [0.29, 0.717) is 41.5 Å². The molecule has 1 aromatic rings. The summed E-state index contributed by atoms with van der Waals surface area (Å²) in [6.45, 7) is 12.3. The van der Waals surface area contributed by atoms with Gasteiger partial charge in [0.1, 0.15) is 5.82 Å². The summed E-state index contributed by atoms with van der Waals surface area (Å²) in [6, 6.07) is 6.07. The fraction of sp³-hybridized carbons (Fsp3) is 0.538. The Morgan fingerprint density at radius 1 is 1.18 bits per heavy atom. The molecule has 188 valence electrons. The van der Waals surface area contributed by atoms with Gasteiger partial charge in [0.15, 0.2) is 0 Å². The molecule has 3 rings (SSSR count). The molecule has 0 amide bonds. The van der Waals surface area contributed by atoms with Gasteiger partial charge in [-0.25, -0.2) is 4.39 Å². The van der Waals surface area contributed by atoms with E-state index in [9.17, 15) is 4.39 Å². The maximum atomic E-state index is 14.2. The molecule has 2 aliphatic rings. The lowest BCUT2D eigenvalue weighted by atomic mass is 9.97. The molecule has 5 nitrogen and oxygen atoms in total. The summed E-state index contributed by atoms with van der Waals surface area (Å²) < 4.78 is 14.2. The molecule has 2 fully saturated rings. The fourth-order valence-electron chi connectivity index (χ4n) is 4.97. The molecule has 0 saturated carbocycles. The van der Waals surface area contributed by atoms with Crippen molar-refractivity contribution in [3.8, 4) is 0 Å². The molecule has 34 heavy (non-hydrogen) atoms. The van der Waals surface area contributed by atoms with Crippen LogP contribution >= 0.6 is 23.2 Å². The Morgan fingerprint density at radius 2 is 1.91 bits per heavy atom. The van der Waals surface area contributed by atoms with Crippen molar-refractivity contribution in [3.63, 3.8) is 0 Å². The second-order valence-corrected chi connectivity index (χ2v) is 10.2. The standard InChI is InChI=1S/C26H38Cl2FN5/c1-3-22-18-33(17-21(28)7-8-26(31)25(30)4-2)13-14-34(22)23-9-11-32(12-10-23)16-19-5-6-20(27)15-24(19)29/h4-7,15,22-23H,2-3,8-14,16-18,30-31H2,1H3/b21-7+,26-25-. The van der Waals surface area contributed by atoms with E-state index in [2.05, 4.69) is 28.2 Å². The third-order valence-electron chi connectivity index (χ3n) is 7.03. The van der Waals surface area contributed by atoms with E-state index in [4.69, 9.17) is 34.7 Å². The van der Waals surface area contributed by atoms with Crippen LogP contribution < -0.4 is 11.5 Å². The first-order chi connectivity index (χ1) is 16.3. The lowest BCUT2D eigenvalue weighted by Gasteiger charge is -2.47. The molecule has 0 spiro atoms. The quantitative estimate of drug-likeness (QED) is 0.473. The van der Waals surface area contributed by atoms with Gasteiger partial charge in [-0.3, -0.25) is 14.7 Å². The van der Waals surface area contributed by atoms with Crippen LogP contribution in [0, 0.1) is 5.82 Å². The van der Waals surface area contributed by atoms with Crippen molar-refractivity contribution in [2.45, 2.75) is 51.2 Å². The van der Waals surface area contributed by atoms with E-state index in [0.717, 1.165) is 69.1 Å².